The van der Waals surface area contributed by atoms with Crippen LogP contribution in [0.2, 0.25) is 0 Å². The van der Waals surface area contributed by atoms with Crippen molar-refractivity contribution in [3.63, 3.8) is 0 Å². The molecule has 4 aromatic rings. The van der Waals surface area contributed by atoms with Crippen molar-refractivity contribution in [1.29, 1.82) is 0 Å². The molecule has 182 valence electrons. The van der Waals surface area contributed by atoms with E-state index < -0.39 is 0 Å². The second kappa shape index (κ2) is 10.6. The first kappa shape index (κ1) is 23.6. The molecule has 1 fully saturated rings. The molecule has 0 spiro atoms. The smallest absolute Gasteiger partial charge is 0.118 e. The van der Waals surface area contributed by atoms with Gasteiger partial charge in [-0.1, -0.05) is 55.5 Å². The molecule has 0 N–H and O–H groups in total. The van der Waals surface area contributed by atoms with Gasteiger partial charge in [0.15, 0.2) is 0 Å². The lowest BCUT2D eigenvalue weighted by Gasteiger charge is -2.40. The lowest BCUT2D eigenvalue weighted by atomic mass is 9.96. The van der Waals surface area contributed by atoms with Crippen molar-refractivity contribution in [3.8, 4) is 5.75 Å². The summed E-state index contributed by atoms with van der Waals surface area (Å²) in [7, 11) is 1.72. The Kier molecular flexibility index (Phi) is 7.16. The molecule has 1 saturated heterocycles. The first-order valence-electron chi connectivity index (χ1n) is 12.8. The highest BCUT2D eigenvalue weighted by Crippen LogP contribution is 2.31. The van der Waals surface area contributed by atoms with Crippen molar-refractivity contribution >= 4 is 11.0 Å². The van der Waals surface area contributed by atoms with Crippen LogP contribution >= 0.6 is 0 Å². The molecule has 1 aliphatic rings. The van der Waals surface area contributed by atoms with E-state index >= 15 is 0 Å². The Morgan fingerprint density at radius 1 is 0.886 bits per heavy atom. The highest BCUT2D eigenvalue weighted by Gasteiger charge is 2.26. The number of hydrogen-bond donors (Lipinski definition) is 0. The number of aryl methyl sites for hydroxylation is 2. The lowest BCUT2D eigenvalue weighted by Crippen LogP contribution is -2.47. The van der Waals surface area contributed by atoms with Gasteiger partial charge in [-0.3, -0.25) is 9.80 Å². The summed E-state index contributed by atoms with van der Waals surface area (Å²) < 4.78 is 7.73. The molecule has 0 saturated carbocycles. The van der Waals surface area contributed by atoms with Gasteiger partial charge in [0.25, 0.3) is 0 Å². The summed E-state index contributed by atoms with van der Waals surface area (Å²) in [5.74, 6) is 2.01. The third-order valence-corrected chi connectivity index (χ3v) is 7.18. The zero-order valence-electron chi connectivity index (χ0n) is 21.2. The number of piperazine rings is 1. The van der Waals surface area contributed by atoms with Gasteiger partial charge in [-0.2, -0.15) is 0 Å². The van der Waals surface area contributed by atoms with Crippen LogP contribution in [0.1, 0.15) is 41.9 Å². The van der Waals surface area contributed by atoms with Crippen molar-refractivity contribution in [2.24, 2.45) is 0 Å². The summed E-state index contributed by atoms with van der Waals surface area (Å²) in [6.07, 6.45) is 1.12. The zero-order chi connectivity index (χ0) is 24.2. The fourth-order valence-electron chi connectivity index (χ4n) is 5.37. The Bertz CT molecular complexity index is 1240. The maximum Gasteiger partial charge on any atom is 0.118 e. The minimum Gasteiger partial charge on any atom is -0.497 e. The molecule has 0 amide bonds. The molecule has 5 nitrogen and oxygen atoms in total. The molecular weight excluding hydrogens is 432 g/mol. The van der Waals surface area contributed by atoms with Gasteiger partial charge in [0.2, 0.25) is 0 Å². The van der Waals surface area contributed by atoms with Crippen LogP contribution in [0.3, 0.4) is 0 Å². The second-order valence-electron chi connectivity index (χ2n) is 9.53. The molecule has 0 bridgehead atoms. The monoisotopic (exact) mass is 468 g/mol. The van der Waals surface area contributed by atoms with E-state index in [0.717, 1.165) is 62.8 Å². The van der Waals surface area contributed by atoms with Gasteiger partial charge in [0, 0.05) is 39.3 Å². The van der Waals surface area contributed by atoms with Gasteiger partial charge in [-0.15, -0.1) is 0 Å². The fourth-order valence-corrected chi connectivity index (χ4v) is 5.37. The Morgan fingerprint density at radius 3 is 2.29 bits per heavy atom. The third-order valence-electron chi connectivity index (χ3n) is 7.18. The van der Waals surface area contributed by atoms with Crippen molar-refractivity contribution in [2.75, 3.05) is 33.3 Å². The van der Waals surface area contributed by atoms with E-state index in [2.05, 4.69) is 101 Å². The predicted molar refractivity (Wildman–Crippen MR) is 143 cm³/mol. The van der Waals surface area contributed by atoms with Crippen LogP contribution in [0.5, 0.6) is 5.75 Å². The number of fused-ring (bicyclic) bond motifs is 1. The van der Waals surface area contributed by atoms with Crippen LogP contribution in [0, 0.1) is 6.92 Å². The SMILES string of the molecule is CCCn1c(C)nc2cc(CN3CCN(C(c4ccccc4)c4ccc(OC)cc4)CC3)ccc21. The van der Waals surface area contributed by atoms with Crippen LogP contribution in [0.15, 0.2) is 72.8 Å². The van der Waals surface area contributed by atoms with Crippen molar-refractivity contribution < 1.29 is 4.74 Å². The summed E-state index contributed by atoms with van der Waals surface area (Å²) >= 11 is 0. The first-order chi connectivity index (χ1) is 17.2. The summed E-state index contributed by atoms with van der Waals surface area (Å²) in [5.41, 5.74) is 6.38. The highest BCUT2D eigenvalue weighted by atomic mass is 16.5. The van der Waals surface area contributed by atoms with Gasteiger partial charge >= 0.3 is 0 Å². The zero-order valence-corrected chi connectivity index (χ0v) is 21.2. The maximum absolute atomic E-state index is 5.39. The molecule has 0 radical (unpaired) electrons. The summed E-state index contributed by atoms with van der Waals surface area (Å²) in [6.45, 7) is 10.5. The molecular formula is C30H36N4O. The third kappa shape index (κ3) is 5.12. The lowest BCUT2D eigenvalue weighted by molar-refractivity contribution is 0.105. The molecule has 3 aromatic carbocycles. The topological polar surface area (TPSA) is 33.5 Å². The number of rotatable bonds is 8. The van der Waals surface area contributed by atoms with Gasteiger partial charge in [-0.05, 0) is 54.3 Å². The number of hydrogen-bond acceptors (Lipinski definition) is 4. The Labute approximate surface area is 209 Å². The van der Waals surface area contributed by atoms with Crippen LogP contribution in [0.4, 0.5) is 0 Å². The average Bonchev–Trinajstić information content (AvgIpc) is 3.20. The van der Waals surface area contributed by atoms with Crippen molar-refractivity contribution in [2.45, 2.75) is 39.4 Å². The van der Waals surface area contributed by atoms with Crippen molar-refractivity contribution in [1.82, 2.24) is 19.4 Å². The second-order valence-corrected chi connectivity index (χ2v) is 9.53. The molecule has 5 heteroatoms. The largest absolute Gasteiger partial charge is 0.497 e. The predicted octanol–water partition coefficient (Wildman–Crippen LogP) is 5.67. The summed E-state index contributed by atoms with van der Waals surface area (Å²) in [4.78, 5) is 10.0. The quantitative estimate of drug-likeness (QED) is 0.334. The van der Waals surface area contributed by atoms with Gasteiger partial charge in [0.05, 0.1) is 24.2 Å². The normalized spacial score (nSPS) is 16.0. The highest BCUT2D eigenvalue weighted by molar-refractivity contribution is 5.76. The van der Waals surface area contributed by atoms with Crippen molar-refractivity contribution in [3.05, 3.63) is 95.3 Å². The van der Waals surface area contributed by atoms with Gasteiger partial charge in [-0.25, -0.2) is 4.98 Å². The summed E-state index contributed by atoms with van der Waals surface area (Å²) in [5, 5.41) is 0. The molecule has 1 aromatic heterocycles. The molecule has 0 aliphatic carbocycles. The van der Waals surface area contributed by atoms with Gasteiger partial charge < -0.3 is 9.30 Å². The molecule has 35 heavy (non-hydrogen) atoms. The minimum atomic E-state index is 0.256. The summed E-state index contributed by atoms with van der Waals surface area (Å²) in [6, 6.07) is 26.5. The van der Waals surface area contributed by atoms with Crippen LogP contribution < -0.4 is 4.74 Å². The average molecular weight is 469 g/mol. The van der Waals surface area contributed by atoms with Crippen LogP contribution in [-0.4, -0.2) is 52.6 Å². The van der Waals surface area contributed by atoms with E-state index in [0.29, 0.717) is 0 Å². The molecule has 1 aliphatic heterocycles. The number of imidazole rings is 1. The standard InChI is InChI=1S/C30H36N4O/c1-4-16-34-23(2)31-28-21-24(10-15-29(28)34)22-32-17-19-33(20-18-32)30(25-8-6-5-7-9-25)26-11-13-27(35-3)14-12-26/h5-15,21,30H,4,16-20,22H2,1-3H3. The molecule has 1 atom stereocenters. The van der Waals surface area contributed by atoms with E-state index in [9.17, 15) is 0 Å². The number of aromatic nitrogens is 2. The Hall–Kier alpha value is -3.15. The van der Waals surface area contributed by atoms with E-state index in [1.807, 2.05) is 0 Å². The Balaban J connectivity index is 1.29. The van der Waals surface area contributed by atoms with Crippen LogP contribution in [-0.2, 0) is 13.1 Å². The Morgan fingerprint density at radius 2 is 1.60 bits per heavy atom. The number of nitrogens with zero attached hydrogens (tertiary/aromatic N) is 4. The fraction of sp³-hybridized carbons (Fsp3) is 0.367. The van der Waals surface area contributed by atoms with E-state index in [4.69, 9.17) is 9.72 Å². The maximum atomic E-state index is 5.39. The van der Waals surface area contributed by atoms with E-state index in [1.165, 1.54) is 22.2 Å². The number of benzene rings is 3. The van der Waals surface area contributed by atoms with E-state index in [-0.39, 0.29) is 6.04 Å². The number of methoxy groups -OCH3 is 1. The van der Waals surface area contributed by atoms with Gasteiger partial charge in [0.1, 0.15) is 11.6 Å². The van der Waals surface area contributed by atoms with Crippen LogP contribution in [0.25, 0.3) is 11.0 Å². The molecule has 1 unspecified atom stereocenters. The van der Waals surface area contributed by atoms with E-state index in [1.54, 1.807) is 7.11 Å². The first-order valence-corrected chi connectivity index (χ1v) is 12.8. The number of ether oxygens (including phenoxy) is 1. The minimum absolute atomic E-state index is 0.256. The molecule has 5 rings (SSSR count). The molecule has 2 heterocycles.